The monoisotopic (exact) mass is 493 g/mol. The Hall–Kier alpha value is -2.39. The van der Waals surface area contributed by atoms with E-state index >= 15 is 4.39 Å². The van der Waals surface area contributed by atoms with Crippen molar-refractivity contribution in [1.29, 1.82) is 0 Å². The van der Waals surface area contributed by atoms with E-state index in [1.807, 2.05) is 0 Å². The van der Waals surface area contributed by atoms with Crippen molar-refractivity contribution in [2.24, 2.45) is 29.6 Å². The van der Waals surface area contributed by atoms with Crippen molar-refractivity contribution >= 4 is 11.8 Å². The number of hydrogen-bond acceptors (Lipinski definition) is 4. The summed E-state index contributed by atoms with van der Waals surface area (Å²) in [5.41, 5.74) is 3.44. The molecule has 3 bridgehead atoms. The van der Waals surface area contributed by atoms with Crippen LogP contribution in [0, 0.1) is 35.4 Å². The molecule has 5 aliphatic rings. The van der Waals surface area contributed by atoms with Gasteiger partial charge in [0.1, 0.15) is 11.6 Å². The van der Waals surface area contributed by atoms with Crippen LogP contribution in [0.3, 0.4) is 0 Å². The normalized spacial score (nSPS) is 34.7. The lowest BCUT2D eigenvalue weighted by Gasteiger charge is -2.52. The zero-order chi connectivity index (χ0) is 24.8. The van der Waals surface area contributed by atoms with E-state index in [0.717, 1.165) is 42.1 Å². The van der Waals surface area contributed by atoms with Crippen LogP contribution in [-0.4, -0.2) is 49.2 Å². The molecule has 6 heteroatoms. The molecule has 0 N–H and O–H groups in total. The van der Waals surface area contributed by atoms with E-state index in [1.165, 1.54) is 50.7 Å². The standard InChI is InChI=1S/C30H36FNO4/c1-35-28-8-9-32(27(28)3-2-10-33)30(34)25-15-24(20-5-6-20)29(16-26(25)31)36-17-22-14-19-11-18-4-7-23(22)21(12-18)13-19/h3,15-16,18-23,27-28H,4-9,11-14,17H2,1H3/t18?,19?,21?,22?,23?,27?,28-/m0/s1. The van der Waals surface area contributed by atoms with E-state index in [-0.39, 0.29) is 17.6 Å². The molecule has 5 nitrogen and oxygen atoms in total. The average molecular weight is 494 g/mol. The van der Waals surface area contributed by atoms with Crippen LogP contribution in [0.5, 0.6) is 5.75 Å². The van der Waals surface area contributed by atoms with Crippen LogP contribution in [0.4, 0.5) is 4.39 Å². The highest BCUT2D eigenvalue weighted by atomic mass is 19.1. The fraction of sp³-hybridized carbons (Fsp3) is 0.667. The number of carbonyl (C=O) groups is 1. The van der Waals surface area contributed by atoms with Crippen LogP contribution in [0.25, 0.3) is 0 Å². The maximum atomic E-state index is 15.4. The van der Waals surface area contributed by atoms with Gasteiger partial charge in [0.25, 0.3) is 5.91 Å². The number of carbonyl (C=O) groups excluding carboxylic acids is 2. The maximum Gasteiger partial charge on any atom is 0.257 e. The van der Waals surface area contributed by atoms with E-state index in [2.05, 4.69) is 5.73 Å². The summed E-state index contributed by atoms with van der Waals surface area (Å²) >= 11 is 0. The van der Waals surface area contributed by atoms with Gasteiger partial charge in [-0.2, -0.15) is 0 Å². The Morgan fingerprint density at radius 3 is 2.72 bits per heavy atom. The molecule has 1 aromatic carbocycles. The van der Waals surface area contributed by atoms with Crippen LogP contribution in [0.15, 0.2) is 23.9 Å². The van der Waals surface area contributed by atoms with Crippen molar-refractivity contribution in [1.82, 2.24) is 4.90 Å². The first-order valence-corrected chi connectivity index (χ1v) is 13.8. The van der Waals surface area contributed by atoms with E-state index in [9.17, 15) is 9.59 Å². The molecule has 36 heavy (non-hydrogen) atoms. The second-order valence-electron chi connectivity index (χ2n) is 11.9. The molecule has 6 unspecified atom stereocenters. The molecule has 5 fully saturated rings. The highest BCUT2D eigenvalue weighted by Gasteiger charge is 2.46. The minimum atomic E-state index is -0.546. The third-order valence-corrected chi connectivity index (χ3v) is 9.77. The molecule has 0 aromatic heterocycles. The largest absolute Gasteiger partial charge is 0.493 e. The number of likely N-dealkylation sites (tertiary alicyclic amines) is 1. The Morgan fingerprint density at radius 1 is 1.11 bits per heavy atom. The van der Waals surface area contributed by atoms with Crippen molar-refractivity contribution in [2.45, 2.75) is 75.9 Å². The molecule has 4 saturated carbocycles. The highest BCUT2D eigenvalue weighted by molar-refractivity contribution is 5.95. The van der Waals surface area contributed by atoms with Gasteiger partial charge in [-0.15, -0.1) is 0 Å². The first-order valence-electron chi connectivity index (χ1n) is 13.8. The van der Waals surface area contributed by atoms with Gasteiger partial charge in [0, 0.05) is 19.7 Å². The summed E-state index contributed by atoms with van der Waals surface area (Å²) in [5.74, 6) is 5.58. The van der Waals surface area contributed by atoms with Crippen molar-refractivity contribution in [3.05, 3.63) is 40.9 Å². The summed E-state index contributed by atoms with van der Waals surface area (Å²) in [6.07, 6.45) is 12.1. The molecule has 192 valence electrons. The van der Waals surface area contributed by atoms with Crippen molar-refractivity contribution in [3.8, 4) is 5.75 Å². The van der Waals surface area contributed by atoms with Crippen LogP contribution in [0.1, 0.15) is 79.6 Å². The van der Waals surface area contributed by atoms with Gasteiger partial charge in [0.05, 0.1) is 24.3 Å². The molecule has 0 spiro atoms. The predicted octanol–water partition coefficient (Wildman–Crippen LogP) is 5.32. The first kappa shape index (κ1) is 24.0. The number of nitrogens with zero attached hydrogens (tertiary/aromatic N) is 1. The third-order valence-electron chi connectivity index (χ3n) is 9.77. The van der Waals surface area contributed by atoms with E-state index < -0.39 is 11.9 Å². The smallest absolute Gasteiger partial charge is 0.257 e. The van der Waals surface area contributed by atoms with Gasteiger partial charge >= 0.3 is 0 Å². The molecule has 1 aromatic rings. The van der Waals surface area contributed by atoms with Gasteiger partial charge in [-0.05, 0) is 110 Å². The van der Waals surface area contributed by atoms with E-state index in [1.54, 1.807) is 24.0 Å². The minimum absolute atomic E-state index is 0.0695. The molecule has 1 amide bonds. The summed E-state index contributed by atoms with van der Waals surface area (Å²) in [6.45, 7) is 1.09. The van der Waals surface area contributed by atoms with E-state index in [0.29, 0.717) is 37.2 Å². The van der Waals surface area contributed by atoms with Crippen molar-refractivity contribution in [2.75, 3.05) is 20.3 Å². The molecular formula is C30H36FNO4. The average Bonchev–Trinajstić information content (AvgIpc) is 3.63. The maximum absolute atomic E-state index is 15.4. The van der Waals surface area contributed by atoms with Crippen molar-refractivity contribution < 1.29 is 23.5 Å². The molecular weight excluding hydrogens is 457 g/mol. The Kier molecular flexibility index (Phi) is 6.54. The Balaban J connectivity index is 1.22. The summed E-state index contributed by atoms with van der Waals surface area (Å²) in [4.78, 5) is 25.7. The van der Waals surface area contributed by atoms with Crippen molar-refractivity contribution in [3.63, 3.8) is 0 Å². The summed E-state index contributed by atoms with van der Waals surface area (Å²) < 4.78 is 27.3. The Labute approximate surface area is 212 Å². The van der Waals surface area contributed by atoms with E-state index in [4.69, 9.17) is 9.47 Å². The van der Waals surface area contributed by atoms with Gasteiger partial charge in [-0.3, -0.25) is 4.79 Å². The second kappa shape index (κ2) is 9.82. The van der Waals surface area contributed by atoms with Gasteiger partial charge < -0.3 is 14.4 Å². The molecule has 7 atom stereocenters. The highest BCUT2D eigenvalue weighted by Crippen LogP contribution is 2.55. The Morgan fingerprint density at radius 2 is 1.94 bits per heavy atom. The fourth-order valence-electron chi connectivity index (χ4n) is 8.00. The SMILES string of the molecule is CO[C@H]1CCN(C(=O)c2cc(C3CC3)c(OCC3CC4CC5CCC3C(C5)C4)cc2F)C1C=C=C=O. The number of hydrogen-bond donors (Lipinski definition) is 0. The quantitative estimate of drug-likeness (QED) is 0.381. The van der Waals surface area contributed by atoms with Gasteiger partial charge in [-0.1, -0.05) is 6.42 Å². The summed E-state index contributed by atoms with van der Waals surface area (Å²) in [7, 11) is 1.58. The molecule has 1 aliphatic heterocycles. The lowest BCUT2D eigenvalue weighted by Crippen LogP contribution is -2.44. The minimum Gasteiger partial charge on any atom is -0.493 e. The van der Waals surface area contributed by atoms with Crippen LogP contribution >= 0.6 is 0 Å². The van der Waals surface area contributed by atoms with Crippen LogP contribution in [-0.2, 0) is 9.53 Å². The number of amides is 1. The second-order valence-corrected chi connectivity index (χ2v) is 11.9. The summed E-state index contributed by atoms with van der Waals surface area (Å²) in [5, 5.41) is 0. The molecule has 6 rings (SSSR count). The number of rotatable bonds is 7. The van der Waals surface area contributed by atoms with Crippen LogP contribution < -0.4 is 4.74 Å². The van der Waals surface area contributed by atoms with Crippen LogP contribution in [0.2, 0.25) is 0 Å². The van der Waals surface area contributed by atoms with Gasteiger partial charge in [0.15, 0.2) is 5.94 Å². The fourth-order valence-corrected chi connectivity index (χ4v) is 8.00. The zero-order valence-electron chi connectivity index (χ0n) is 21.1. The number of fused-ring (bicyclic) bond motifs is 2. The number of ether oxygens (including phenoxy) is 2. The topological polar surface area (TPSA) is 55.8 Å². The first-order chi connectivity index (χ1) is 17.6. The van der Waals surface area contributed by atoms with Gasteiger partial charge in [0.2, 0.25) is 0 Å². The lowest BCUT2D eigenvalue weighted by atomic mass is 9.54. The Bertz CT molecular complexity index is 1100. The number of benzene rings is 1. The van der Waals surface area contributed by atoms with Gasteiger partial charge in [-0.25, -0.2) is 9.18 Å². The predicted molar refractivity (Wildman–Crippen MR) is 133 cm³/mol. The lowest BCUT2D eigenvalue weighted by molar-refractivity contribution is -0.0261. The molecule has 0 radical (unpaired) electrons. The molecule has 1 saturated heterocycles. The number of halogens is 1. The number of methoxy groups -OCH3 is 1. The molecule has 4 aliphatic carbocycles. The zero-order valence-corrected chi connectivity index (χ0v) is 21.1. The third kappa shape index (κ3) is 4.45. The summed E-state index contributed by atoms with van der Waals surface area (Å²) in [6, 6.07) is 2.70. The molecule has 1 heterocycles.